The van der Waals surface area contributed by atoms with Gasteiger partial charge in [-0.25, -0.2) is 0 Å². The molecule has 20 heavy (non-hydrogen) atoms. The molecule has 2 unspecified atom stereocenters. The predicted octanol–water partition coefficient (Wildman–Crippen LogP) is 5.21. The smallest absolute Gasteiger partial charge is 0.126 e. The summed E-state index contributed by atoms with van der Waals surface area (Å²) >= 11 is 9.64. The van der Waals surface area contributed by atoms with E-state index in [0.29, 0.717) is 6.04 Å². The first kappa shape index (κ1) is 16.0. The van der Waals surface area contributed by atoms with Gasteiger partial charge in [0.15, 0.2) is 0 Å². The third-order valence-electron chi connectivity index (χ3n) is 3.06. The van der Waals surface area contributed by atoms with Crippen molar-refractivity contribution in [1.29, 1.82) is 0 Å². The Bertz CT molecular complexity index is 498. The number of halogens is 1. The Kier molecular flexibility index (Phi) is 6.49. The average Bonchev–Trinajstić information content (AvgIpc) is 3.07. The summed E-state index contributed by atoms with van der Waals surface area (Å²) in [6, 6.07) is 8.47. The van der Waals surface area contributed by atoms with E-state index in [1.54, 1.807) is 17.6 Å². The maximum Gasteiger partial charge on any atom is 0.126 e. The lowest BCUT2D eigenvalue weighted by Gasteiger charge is -2.21. The van der Waals surface area contributed by atoms with Crippen LogP contribution in [0.4, 0.5) is 0 Å². The van der Waals surface area contributed by atoms with Crippen LogP contribution in [0.1, 0.15) is 36.9 Å². The zero-order chi connectivity index (χ0) is 14.4. The average molecular weight is 330 g/mol. The SMILES string of the molecule is CCSCCC(C)NC(c1ccco1)c1ccc(Cl)s1. The van der Waals surface area contributed by atoms with E-state index in [4.69, 9.17) is 16.0 Å². The van der Waals surface area contributed by atoms with Gasteiger partial charge in [0.05, 0.1) is 10.6 Å². The van der Waals surface area contributed by atoms with Crippen molar-refractivity contribution in [2.24, 2.45) is 0 Å². The van der Waals surface area contributed by atoms with Gasteiger partial charge in [0.25, 0.3) is 0 Å². The molecule has 2 rings (SSSR count). The largest absolute Gasteiger partial charge is 0.467 e. The highest BCUT2D eigenvalue weighted by Crippen LogP contribution is 2.31. The molecule has 0 aliphatic rings. The van der Waals surface area contributed by atoms with Crippen LogP contribution in [0.5, 0.6) is 0 Å². The van der Waals surface area contributed by atoms with Crippen LogP contribution in [0.3, 0.4) is 0 Å². The van der Waals surface area contributed by atoms with Crippen molar-refractivity contribution in [2.45, 2.75) is 32.4 Å². The molecule has 0 amide bonds. The highest BCUT2D eigenvalue weighted by molar-refractivity contribution is 7.99. The second-order valence-electron chi connectivity index (χ2n) is 4.64. The van der Waals surface area contributed by atoms with E-state index in [0.717, 1.165) is 16.5 Å². The number of furan rings is 1. The molecule has 1 N–H and O–H groups in total. The summed E-state index contributed by atoms with van der Waals surface area (Å²) < 4.78 is 6.39. The highest BCUT2D eigenvalue weighted by atomic mass is 35.5. The van der Waals surface area contributed by atoms with E-state index in [1.807, 2.05) is 30.0 Å². The molecular weight excluding hydrogens is 310 g/mol. The van der Waals surface area contributed by atoms with Crippen molar-refractivity contribution in [2.75, 3.05) is 11.5 Å². The Labute approximate surface area is 133 Å². The van der Waals surface area contributed by atoms with Gasteiger partial charge in [-0.1, -0.05) is 18.5 Å². The first-order valence-corrected chi connectivity index (χ1v) is 9.18. The first-order valence-electron chi connectivity index (χ1n) is 6.83. The third kappa shape index (κ3) is 4.55. The van der Waals surface area contributed by atoms with Gasteiger partial charge >= 0.3 is 0 Å². The Morgan fingerprint density at radius 3 is 2.85 bits per heavy atom. The van der Waals surface area contributed by atoms with Gasteiger partial charge in [-0.2, -0.15) is 11.8 Å². The molecule has 2 aromatic heterocycles. The van der Waals surface area contributed by atoms with E-state index < -0.39 is 0 Å². The molecule has 5 heteroatoms. The molecular formula is C15H20ClNOS2. The molecule has 0 fully saturated rings. The van der Waals surface area contributed by atoms with E-state index >= 15 is 0 Å². The molecule has 0 aromatic carbocycles. The monoisotopic (exact) mass is 329 g/mol. The van der Waals surface area contributed by atoms with Gasteiger partial charge < -0.3 is 9.73 Å². The molecule has 0 radical (unpaired) electrons. The Hall–Kier alpha value is -0.420. The molecule has 2 aromatic rings. The van der Waals surface area contributed by atoms with Crippen molar-refractivity contribution in [1.82, 2.24) is 5.32 Å². The number of nitrogens with one attached hydrogen (secondary N) is 1. The maximum atomic E-state index is 6.06. The third-order valence-corrected chi connectivity index (χ3v) is 5.29. The topological polar surface area (TPSA) is 25.2 Å². The zero-order valence-electron chi connectivity index (χ0n) is 11.8. The van der Waals surface area contributed by atoms with E-state index in [1.165, 1.54) is 16.4 Å². The number of rotatable bonds is 8. The fourth-order valence-corrected chi connectivity index (χ4v) is 3.95. The lowest BCUT2D eigenvalue weighted by molar-refractivity contribution is 0.414. The molecule has 0 spiro atoms. The minimum Gasteiger partial charge on any atom is -0.467 e. The second-order valence-corrected chi connectivity index (χ2v) is 7.78. The van der Waals surface area contributed by atoms with Gasteiger partial charge in [0, 0.05) is 10.9 Å². The molecule has 2 heterocycles. The zero-order valence-corrected chi connectivity index (χ0v) is 14.2. The fourth-order valence-electron chi connectivity index (χ4n) is 2.02. The van der Waals surface area contributed by atoms with Gasteiger partial charge in [-0.15, -0.1) is 11.3 Å². The minimum atomic E-state index is 0.0872. The molecule has 0 aliphatic carbocycles. The number of hydrogen-bond donors (Lipinski definition) is 1. The van der Waals surface area contributed by atoms with Crippen LogP contribution in [0.25, 0.3) is 0 Å². The van der Waals surface area contributed by atoms with Crippen LogP contribution >= 0.6 is 34.7 Å². The summed E-state index contributed by atoms with van der Waals surface area (Å²) in [4.78, 5) is 1.19. The van der Waals surface area contributed by atoms with Crippen LogP contribution in [-0.4, -0.2) is 17.5 Å². The van der Waals surface area contributed by atoms with Crippen molar-refractivity contribution in [3.63, 3.8) is 0 Å². The van der Waals surface area contributed by atoms with Crippen molar-refractivity contribution in [3.8, 4) is 0 Å². The molecule has 0 aliphatic heterocycles. The standard InChI is InChI=1S/C15H20ClNOS2/c1-3-19-10-8-11(2)17-15(12-5-4-9-18-12)13-6-7-14(16)20-13/h4-7,9,11,15,17H,3,8,10H2,1-2H3. The molecule has 0 saturated carbocycles. The fraction of sp³-hybridized carbons (Fsp3) is 0.467. The van der Waals surface area contributed by atoms with Gasteiger partial charge in [0.2, 0.25) is 0 Å². The molecule has 2 nitrogen and oxygen atoms in total. The normalized spacial score (nSPS) is 14.3. The van der Waals surface area contributed by atoms with Crippen molar-refractivity contribution >= 4 is 34.7 Å². The summed E-state index contributed by atoms with van der Waals surface area (Å²) in [6.07, 6.45) is 2.87. The maximum absolute atomic E-state index is 6.06. The summed E-state index contributed by atoms with van der Waals surface area (Å²) in [5.74, 6) is 3.30. The summed E-state index contributed by atoms with van der Waals surface area (Å²) in [5, 5.41) is 3.65. The molecule has 110 valence electrons. The summed E-state index contributed by atoms with van der Waals surface area (Å²) in [7, 11) is 0. The van der Waals surface area contributed by atoms with Crippen LogP contribution in [0.15, 0.2) is 34.9 Å². The first-order chi connectivity index (χ1) is 9.70. The quantitative estimate of drug-likeness (QED) is 0.673. The minimum absolute atomic E-state index is 0.0872. The Morgan fingerprint density at radius 2 is 2.25 bits per heavy atom. The lowest BCUT2D eigenvalue weighted by Crippen LogP contribution is -2.31. The van der Waals surface area contributed by atoms with Crippen LogP contribution in [-0.2, 0) is 0 Å². The predicted molar refractivity (Wildman–Crippen MR) is 90.1 cm³/mol. The van der Waals surface area contributed by atoms with Crippen LogP contribution in [0, 0.1) is 0 Å². The van der Waals surface area contributed by atoms with Gasteiger partial charge in [-0.3, -0.25) is 0 Å². The Morgan fingerprint density at radius 1 is 1.40 bits per heavy atom. The summed E-state index contributed by atoms with van der Waals surface area (Å²) in [6.45, 7) is 4.42. The van der Waals surface area contributed by atoms with Crippen LogP contribution < -0.4 is 5.32 Å². The van der Waals surface area contributed by atoms with Crippen LogP contribution in [0.2, 0.25) is 4.34 Å². The van der Waals surface area contributed by atoms with E-state index in [9.17, 15) is 0 Å². The summed E-state index contributed by atoms with van der Waals surface area (Å²) in [5.41, 5.74) is 0. The van der Waals surface area contributed by atoms with E-state index in [2.05, 4.69) is 25.2 Å². The molecule has 0 bridgehead atoms. The van der Waals surface area contributed by atoms with E-state index in [-0.39, 0.29) is 6.04 Å². The molecule has 2 atom stereocenters. The van der Waals surface area contributed by atoms with Gasteiger partial charge in [0.1, 0.15) is 11.8 Å². The second kappa shape index (κ2) is 8.13. The highest BCUT2D eigenvalue weighted by Gasteiger charge is 2.20. The molecule has 0 saturated heterocycles. The van der Waals surface area contributed by atoms with Crippen molar-refractivity contribution in [3.05, 3.63) is 45.5 Å². The number of thioether (sulfide) groups is 1. The number of thiophene rings is 1. The Balaban J connectivity index is 2.04. The van der Waals surface area contributed by atoms with Gasteiger partial charge in [-0.05, 0) is 49.1 Å². The lowest BCUT2D eigenvalue weighted by atomic mass is 10.1. The van der Waals surface area contributed by atoms with Crippen molar-refractivity contribution < 1.29 is 4.42 Å². The number of hydrogen-bond acceptors (Lipinski definition) is 4.